The minimum atomic E-state index is -3.82. The predicted molar refractivity (Wildman–Crippen MR) is 129 cm³/mol. The molecular formula is C24H31F2N3O5S. The Kier molecular flexibility index (Phi) is 10.00. The molecule has 0 aromatic heterocycles. The lowest BCUT2D eigenvalue weighted by Crippen LogP contribution is -2.47. The number of ether oxygens (including phenoxy) is 1. The fourth-order valence-corrected chi connectivity index (χ4v) is 4.47. The van der Waals surface area contributed by atoms with E-state index in [-0.39, 0.29) is 43.4 Å². The molecule has 35 heavy (non-hydrogen) atoms. The normalized spacial score (nSPS) is 12.1. The van der Waals surface area contributed by atoms with E-state index in [0.29, 0.717) is 12.3 Å². The lowest BCUT2D eigenvalue weighted by atomic mass is 10.1. The Bertz CT molecular complexity index is 1140. The highest BCUT2D eigenvalue weighted by molar-refractivity contribution is 7.92. The summed E-state index contributed by atoms with van der Waals surface area (Å²) in [6.45, 7) is 3.82. The Hall–Kier alpha value is -3.21. The van der Waals surface area contributed by atoms with Crippen LogP contribution < -0.4 is 14.4 Å². The van der Waals surface area contributed by atoms with Gasteiger partial charge in [0.15, 0.2) is 11.6 Å². The first-order valence-electron chi connectivity index (χ1n) is 11.1. The van der Waals surface area contributed by atoms with Crippen molar-refractivity contribution < 1.29 is 31.5 Å². The number of nitrogens with one attached hydrogen (secondary N) is 1. The second kappa shape index (κ2) is 12.5. The number of anilines is 1. The largest absolute Gasteiger partial charge is 0.497 e. The van der Waals surface area contributed by atoms with Crippen LogP contribution in [-0.4, -0.2) is 57.6 Å². The molecule has 2 rings (SSSR count). The molecule has 0 aliphatic heterocycles. The number of hydrogen-bond donors (Lipinski definition) is 1. The lowest BCUT2D eigenvalue weighted by Gasteiger charge is -2.29. The number of amides is 2. The number of carbonyl (C=O) groups is 2. The number of likely N-dealkylation sites (N-methyl/N-ethyl adjacent to an activating group) is 1. The molecule has 2 aromatic rings. The van der Waals surface area contributed by atoms with Crippen LogP contribution in [0.4, 0.5) is 14.5 Å². The molecular weight excluding hydrogens is 480 g/mol. The summed E-state index contributed by atoms with van der Waals surface area (Å²) >= 11 is 0. The van der Waals surface area contributed by atoms with Crippen LogP contribution in [0.25, 0.3) is 0 Å². The van der Waals surface area contributed by atoms with E-state index in [0.717, 1.165) is 34.3 Å². The first-order chi connectivity index (χ1) is 16.5. The summed E-state index contributed by atoms with van der Waals surface area (Å²) in [5.74, 6) is -2.33. The highest BCUT2D eigenvalue weighted by atomic mass is 32.2. The summed E-state index contributed by atoms with van der Waals surface area (Å²) in [5, 5.41) is 2.70. The van der Waals surface area contributed by atoms with Gasteiger partial charge in [0.2, 0.25) is 21.8 Å². The van der Waals surface area contributed by atoms with Crippen LogP contribution in [0.3, 0.4) is 0 Å². The lowest BCUT2D eigenvalue weighted by molar-refractivity contribution is -0.140. The Labute approximate surface area is 204 Å². The molecule has 0 aliphatic rings. The molecule has 11 heteroatoms. The zero-order chi connectivity index (χ0) is 26.2. The van der Waals surface area contributed by atoms with Gasteiger partial charge in [-0.1, -0.05) is 12.1 Å². The molecule has 2 aromatic carbocycles. The summed E-state index contributed by atoms with van der Waals surface area (Å²) in [6.07, 6.45) is 0.980. The Morgan fingerprint density at radius 1 is 1.11 bits per heavy atom. The summed E-state index contributed by atoms with van der Waals surface area (Å²) < 4.78 is 57.6. The molecule has 0 fully saturated rings. The molecule has 0 saturated heterocycles. The van der Waals surface area contributed by atoms with Crippen LogP contribution in [0.15, 0.2) is 42.5 Å². The van der Waals surface area contributed by atoms with E-state index in [1.807, 2.05) is 6.07 Å². The molecule has 192 valence electrons. The molecule has 1 N–H and O–H groups in total. The zero-order valence-electron chi connectivity index (χ0n) is 20.3. The van der Waals surface area contributed by atoms with E-state index >= 15 is 0 Å². The van der Waals surface area contributed by atoms with Crippen molar-refractivity contribution in [1.29, 1.82) is 0 Å². The van der Waals surface area contributed by atoms with Crippen LogP contribution >= 0.6 is 0 Å². The molecule has 1 atom stereocenters. The standard InChI is InChI=1S/C24H31F2N3O5S/c1-5-27-24(31)17(2)28(16-18-8-6-9-20(14-18)34-3)23(30)10-7-13-29(35(4,32)33)19-11-12-21(25)22(26)15-19/h6,8-9,11-12,14-15,17H,5,7,10,13,16H2,1-4H3,(H,27,31)/t17-/m0/s1. The summed E-state index contributed by atoms with van der Waals surface area (Å²) in [4.78, 5) is 27.1. The molecule has 0 saturated carbocycles. The van der Waals surface area contributed by atoms with Crippen molar-refractivity contribution >= 4 is 27.5 Å². The summed E-state index contributed by atoms with van der Waals surface area (Å²) in [7, 11) is -2.29. The third kappa shape index (κ3) is 7.91. The molecule has 0 unspecified atom stereocenters. The third-order valence-electron chi connectivity index (χ3n) is 5.35. The number of nitrogens with zero attached hydrogens (tertiary/aromatic N) is 2. The SMILES string of the molecule is CCNC(=O)[C@H](C)N(Cc1cccc(OC)c1)C(=O)CCCN(c1ccc(F)c(F)c1)S(C)(=O)=O. The molecule has 0 spiro atoms. The van der Waals surface area contributed by atoms with Crippen LogP contribution in [0.1, 0.15) is 32.3 Å². The van der Waals surface area contributed by atoms with Crippen molar-refractivity contribution in [2.24, 2.45) is 0 Å². The van der Waals surface area contributed by atoms with Gasteiger partial charge in [-0.3, -0.25) is 13.9 Å². The van der Waals surface area contributed by atoms with Gasteiger partial charge in [-0.25, -0.2) is 17.2 Å². The quantitative estimate of drug-likeness (QED) is 0.473. The van der Waals surface area contributed by atoms with Crippen LogP contribution in [0.5, 0.6) is 5.75 Å². The minimum absolute atomic E-state index is 0.0391. The Morgan fingerprint density at radius 2 is 1.83 bits per heavy atom. The first-order valence-corrected chi connectivity index (χ1v) is 13.0. The van der Waals surface area contributed by atoms with Crippen LogP contribution in [0, 0.1) is 11.6 Å². The maximum absolute atomic E-state index is 13.7. The first kappa shape index (κ1) is 28.0. The van der Waals surface area contributed by atoms with E-state index in [9.17, 15) is 26.8 Å². The van der Waals surface area contributed by atoms with E-state index in [1.54, 1.807) is 32.0 Å². The van der Waals surface area contributed by atoms with Gasteiger partial charge in [0.1, 0.15) is 11.8 Å². The van der Waals surface area contributed by atoms with Gasteiger partial charge >= 0.3 is 0 Å². The average molecular weight is 512 g/mol. The second-order valence-electron chi connectivity index (χ2n) is 7.98. The zero-order valence-corrected chi connectivity index (χ0v) is 21.1. The topological polar surface area (TPSA) is 96.0 Å². The van der Waals surface area contributed by atoms with Crippen molar-refractivity contribution in [3.63, 3.8) is 0 Å². The molecule has 2 amide bonds. The number of sulfonamides is 1. The number of carbonyl (C=O) groups excluding carboxylic acids is 2. The molecule has 0 radical (unpaired) electrons. The van der Waals surface area contributed by atoms with Crippen molar-refractivity contribution in [3.8, 4) is 5.75 Å². The van der Waals surface area contributed by atoms with Crippen molar-refractivity contribution in [3.05, 3.63) is 59.7 Å². The predicted octanol–water partition coefficient (Wildman–Crippen LogP) is 3.07. The fourth-order valence-electron chi connectivity index (χ4n) is 3.52. The van der Waals surface area contributed by atoms with Crippen LogP contribution in [0.2, 0.25) is 0 Å². The van der Waals surface area contributed by atoms with Gasteiger partial charge in [-0.2, -0.15) is 0 Å². The van der Waals surface area contributed by atoms with Gasteiger partial charge in [0.05, 0.1) is 19.1 Å². The van der Waals surface area contributed by atoms with Gasteiger partial charge < -0.3 is 15.0 Å². The third-order valence-corrected chi connectivity index (χ3v) is 6.54. The summed E-state index contributed by atoms with van der Waals surface area (Å²) in [5.41, 5.74) is 0.719. The molecule has 0 bridgehead atoms. The van der Waals surface area contributed by atoms with E-state index in [2.05, 4.69) is 5.32 Å². The fraction of sp³-hybridized carbons (Fsp3) is 0.417. The number of benzene rings is 2. The number of hydrogen-bond acceptors (Lipinski definition) is 5. The average Bonchev–Trinajstić information content (AvgIpc) is 2.81. The van der Waals surface area contributed by atoms with Gasteiger partial charge in [0.25, 0.3) is 0 Å². The highest BCUT2D eigenvalue weighted by Gasteiger charge is 2.26. The highest BCUT2D eigenvalue weighted by Crippen LogP contribution is 2.22. The second-order valence-corrected chi connectivity index (χ2v) is 9.89. The van der Waals surface area contributed by atoms with E-state index < -0.39 is 27.7 Å². The van der Waals surface area contributed by atoms with Crippen molar-refractivity contribution in [2.75, 3.05) is 30.8 Å². The number of rotatable bonds is 12. The smallest absolute Gasteiger partial charge is 0.242 e. The molecule has 8 nitrogen and oxygen atoms in total. The van der Waals surface area contributed by atoms with Crippen molar-refractivity contribution in [2.45, 2.75) is 39.3 Å². The maximum atomic E-state index is 13.7. The van der Waals surface area contributed by atoms with E-state index in [4.69, 9.17) is 4.74 Å². The Balaban J connectivity index is 2.19. The van der Waals surface area contributed by atoms with Crippen molar-refractivity contribution in [1.82, 2.24) is 10.2 Å². The van der Waals surface area contributed by atoms with Crippen LogP contribution in [-0.2, 0) is 26.2 Å². The van der Waals surface area contributed by atoms with Gasteiger partial charge in [-0.05, 0) is 50.1 Å². The van der Waals surface area contributed by atoms with Gasteiger partial charge in [0, 0.05) is 32.1 Å². The summed E-state index contributed by atoms with van der Waals surface area (Å²) in [6, 6.07) is 9.14. The maximum Gasteiger partial charge on any atom is 0.242 e. The Morgan fingerprint density at radius 3 is 2.43 bits per heavy atom. The molecule has 0 heterocycles. The monoisotopic (exact) mass is 511 g/mol. The van der Waals surface area contributed by atoms with Gasteiger partial charge in [-0.15, -0.1) is 0 Å². The minimum Gasteiger partial charge on any atom is -0.497 e. The molecule has 0 aliphatic carbocycles. The number of halogens is 2. The number of methoxy groups -OCH3 is 1. The van der Waals surface area contributed by atoms with E-state index in [1.165, 1.54) is 12.0 Å².